The molecule has 0 amide bonds. The van der Waals surface area contributed by atoms with Crippen molar-refractivity contribution in [2.75, 3.05) is 0 Å². The van der Waals surface area contributed by atoms with Gasteiger partial charge >= 0.3 is 0 Å². The Labute approximate surface area is 84.7 Å². The van der Waals surface area contributed by atoms with Crippen molar-refractivity contribution in [1.82, 2.24) is 15.2 Å². The molecule has 0 aliphatic rings. The summed E-state index contributed by atoms with van der Waals surface area (Å²) in [6.07, 6.45) is 3.06. The summed E-state index contributed by atoms with van der Waals surface area (Å²) in [5.74, 6) is -0.107. The Balaban J connectivity index is 2.27. The number of rotatable bonds is 3. The van der Waals surface area contributed by atoms with Gasteiger partial charge in [0.25, 0.3) is 0 Å². The lowest BCUT2D eigenvalue weighted by atomic mass is 10.5. The minimum Gasteiger partial charge on any atom is -0.285 e. The van der Waals surface area contributed by atoms with Crippen LogP contribution in [0.1, 0.15) is 5.69 Å². The van der Waals surface area contributed by atoms with Crippen LogP contribution in [0.3, 0.4) is 0 Å². The zero-order chi connectivity index (χ0) is 10.0. The maximum Gasteiger partial charge on any atom is 0.211 e. The summed E-state index contributed by atoms with van der Waals surface area (Å²) in [7, 11) is -3.32. The number of nitrogens with zero attached hydrogens (tertiary/aromatic N) is 2. The second-order valence-electron chi connectivity index (χ2n) is 2.62. The van der Waals surface area contributed by atoms with Gasteiger partial charge in [-0.05, 0) is 6.07 Å². The van der Waals surface area contributed by atoms with Gasteiger partial charge in [-0.15, -0.1) is 11.3 Å². The molecule has 0 spiro atoms. The van der Waals surface area contributed by atoms with Crippen molar-refractivity contribution in [3.63, 3.8) is 0 Å². The van der Waals surface area contributed by atoms with Crippen LogP contribution in [-0.4, -0.2) is 23.6 Å². The third kappa shape index (κ3) is 1.83. The van der Waals surface area contributed by atoms with E-state index in [1.165, 1.54) is 6.20 Å². The number of hydrogen-bond acceptors (Lipinski definition) is 5. The van der Waals surface area contributed by atoms with Gasteiger partial charge in [0, 0.05) is 17.8 Å². The lowest BCUT2D eigenvalue weighted by Gasteiger charge is -1.95. The molecule has 2 rings (SSSR count). The fourth-order valence-electron chi connectivity index (χ4n) is 0.992. The molecule has 0 aromatic carbocycles. The summed E-state index contributed by atoms with van der Waals surface area (Å²) < 4.78 is 23.4. The van der Waals surface area contributed by atoms with Gasteiger partial charge in [0.1, 0.15) is 5.75 Å². The SMILES string of the molecule is O=S(=O)(Cc1cc[nH]n1)c1nccs1. The van der Waals surface area contributed by atoms with Crippen molar-refractivity contribution in [3.05, 3.63) is 29.5 Å². The van der Waals surface area contributed by atoms with E-state index in [1.54, 1.807) is 17.6 Å². The highest BCUT2D eigenvalue weighted by Gasteiger charge is 2.18. The summed E-state index contributed by atoms with van der Waals surface area (Å²) >= 11 is 1.11. The van der Waals surface area contributed by atoms with Crippen molar-refractivity contribution in [2.45, 2.75) is 10.1 Å². The normalized spacial score (nSPS) is 11.7. The van der Waals surface area contributed by atoms with Gasteiger partial charge < -0.3 is 0 Å². The van der Waals surface area contributed by atoms with Crippen molar-refractivity contribution in [2.24, 2.45) is 0 Å². The number of nitrogens with one attached hydrogen (secondary N) is 1. The lowest BCUT2D eigenvalue weighted by Crippen LogP contribution is -2.04. The third-order valence-corrected chi connectivity index (χ3v) is 4.50. The molecule has 0 fully saturated rings. The molecular weight excluding hydrogens is 222 g/mol. The Bertz CT molecular complexity index is 487. The molecule has 0 saturated heterocycles. The molecule has 2 heterocycles. The second-order valence-corrected chi connectivity index (χ2v) is 5.68. The lowest BCUT2D eigenvalue weighted by molar-refractivity contribution is 0.594. The van der Waals surface area contributed by atoms with Crippen LogP contribution in [0.15, 0.2) is 28.2 Å². The predicted molar refractivity (Wildman–Crippen MR) is 51.6 cm³/mol. The van der Waals surface area contributed by atoms with Gasteiger partial charge in [-0.2, -0.15) is 5.10 Å². The Morgan fingerprint density at radius 2 is 2.36 bits per heavy atom. The first-order valence-electron chi connectivity index (χ1n) is 3.79. The van der Waals surface area contributed by atoms with Crippen molar-refractivity contribution in [1.29, 1.82) is 0 Å². The van der Waals surface area contributed by atoms with Gasteiger partial charge in [-0.3, -0.25) is 5.10 Å². The molecule has 2 aromatic rings. The van der Waals surface area contributed by atoms with E-state index >= 15 is 0 Å². The maximum atomic E-state index is 11.7. The van der Waals surface area contributed by atoms with Crippen molar-refractivity contribution in [3.8, 4) is 0 Å². The highest BCUT2D eigenvalue weighted by atomic mass is 32.2. The molecule has 5 nitrogen and oxygen atoms in total. The van der Waals surface area contributed by atoms with E-state index in [-0.39, 0.29) is 10.1 Å². The van der Waals surface area contributed by atoms with E-state index in [2.05, 4.69) is 15.2 Å². The van der Waals surface area contributed by atoms with E-state index in [1.807, 2.05) is 0 Å². The quantitative estimate of drug-likeness (QED) is 0.846. The zero-order valence-corrected chi connectivity index (χ0v) is 8.68. The average Bonchev–Trinajstić information content (AvgIpc) is 2.71. The maximum absolute atomic E-state index is 11.7. The first kappa shape index (κ1) is 9.35. The number of H-pyrrole nitrogens is 1. The Hall–Kier alpha value is -1.21. The van der Waals surface area contributed by atoms with Crippen LogP contribution in [0.5, 0.6) is 0 Å². The molecule has 2 aromatic heterocycles. The van der Waals surface area contributed by atoms with E-state index in [4.69, 9.17) is 0 Å². The molecule has 0 aliphatic carbocycles. The van der Waals surface area contributed by atoms with Gasteiger partial charge in [-0.25, -0.2) is 13.4 Å². The first-order valence-corrected chi connectivity index (χ1v) is 6.32. The molecule has 74 valence electrons. The number of thiazole rings is 1. The average molecular weight is 229 g/mol. The fraction of sp³-hybridized carbons (Fsp3) is 0.143. The van der Waals surface area contributed by atoms with Crippen molar-refractivity contribution >= 4 is 21.2 Å². The number of hydrogen-bond donors (Lipinski definition) is 1. The second kappa shape index (κ2) is 3.50. The number of aromatic amines is 1. The van der Waals surface area contributed by atoms with Gasteiger partial charge in [0.05, 0.1) is 5.69 Å². The van der Waals surface area contributed by atoms with E-state index in [9.17, 15) is 8.42 Å². The molecule has 0 aliphatic heterocycles. The molecule has 7 heteroatoms. The van der Waals surface area contributed by atoms with Crippen LogP contribution in [0.2, 0.25) is 0 Å². The van der Waals surface area contributed by atoms with Crippen LogP contribution in [0.25, 0.3) is 0 Å². The van der Waals surface area contributed by atoms with E-state index < -0.39 is 9.84 Å². The smallest absolute Gasteiger partial charge is 0.211 e. The fourth-order valence-corrected chi connectivity index (χ4v) is 3.18. The van der Waals surface area contributed by atoms with Gasteiger partial charge in [0.15, 0.2) is 0 Å². The largest absolute Gasteiger partial charge is 0.285 e. The zero-order valence-electron chi connectivity index (χ0n) is 7.04. The van der Waals surface area contributed by atoms with Gasteiger partial charge in [-0.1, -0.05) is 0 Å². The standard InChI is InChI=1S/C7H7N3O2S2/c11-14(12,7-8-3-4-13-7)5-6-1-2-9-10-6/h1-4H,5H2,(H,9,10). The molecule has 0 bridgehead atoms. The molecule has 0 radical (unpaired) electrons. The Morgan fingerprint density at radius 3 is 2.93 bits per heavy atom. The van der Waals surface area contributed by atoms with Crippen LogP contribution >= 0.6 is 11.3 Å². The van der Waals surface area contributed by atoms with E-state index in [0.29, 0.717) is 5.69 Å². The molecule has 1 N–H and O–H groups in total. The molecular formula is C7H7N3O2S2. The first-order chi connectivity index (χ1) is 6.68. The van der Waals surface area contributed by atoms with E-state index in [0.717, 1.165) is 11.3 Å². The monoisotopic (exact) mass is 229 g/mol. The third-order valence-electron chi connectivity index (χ3n) is 1.57. The minimum absolute atomic E-state index is 0.107. The van der Waals surface area contributed by atoms with Crippen LogP contribution in [0.4, 0.5) is 0 Å². The predicted octanol–water partition coefficient (Wildman–Crippen LogP) is 0.840. The molecule has 0 saturated carbocycles. The summed E-state index contributed by atoms with van der Waals surface area (Å²) in [4.78, 5) is 3.76. The van der Waals surface area contributed by atoms with Crippen LogP contribution < -0.4 is 0 Å². The Morgan fingerprint density at radius 1 is 1.50 bits per heavy atom. The topological polar surface area (TPSA) is 75.7 Å². The summed E-state index contributed by atoms with van der Waals surface area (Å²) in [6, 6.07) is 1.63. The highest BCUT2D eigenvalue weighted by molar-refractivity contribution is 7.92. The van der Waals surface area contributed by atoms with Crippen LogP contribution in [0, 0.1) is 0 Å². The highest BCUT2D eigenvalue weighted by Crippen LogP contribution is 2.16. The molecule has 0 unspecified atom stereocenters. The van der Waals surface area contributed by atoms with Crippen LogP contribution in [-0.2, 0) is 15.6 Å². The molecule has 14 heavy (non-hydrogen) atoms. The van der Waals surface area contributed by atoms with Gasteiger partial charge in [0.2, 0.25) is 14.2 Å². The van der Waals surface area contributed by atoms with Crippen molar-refractivity contribution < 1.29 is 8.42 Å². The summed E-state index contributed by atoms with van der Waals surface area (Å²) in [5, 5.41) is 7.99. The molecule has 0 atom stereocenters. The summed E-state index contributed by atoms with van der Waals surface area (Å²) in [5.41, 5.74) is 0.500. The Kier molecular flexibility index (Phi) is 2.34. The number of aromatic nitrogens is 3. The number of sulfone groups is 1. The minimum atomic E-state index is -3.32. The summed E-state index contributed by atoms with van der Waals surface area (Å²) in [6.45, 7) is 0.